The molecule has 0 saturated carbocycles. The molecule has 226 valence electrons. The van der Waals surface area contributed by atoms with Crippen molar-refractivity contribution in [2.75, 3.05) is 39.8 Å². The molecule has 1 fully saturated rings. The van der Waals surface area contributed by atoms with Gasteiger partial charge in [0.1, 0.15) is 18.4 Å². The van der Waals surface area contributed by atoms with Crippen molar-refractivity contribution >= 4 is 11.8 Å². The average Bonchev–Trinajstić information content (AvgIpc) is 3.48. The molecule has 2 aromatic rings. The van der Waals surface area contributed by atoms with Gasteiger partial charge in [0.15, 0.2) is 0 Å². The number of likely N-dealkylation sites (N-methyl/N-ethyl adjacent to an activating group) is 1. The molecular formula is C34H52N4O3. The van der Waals surface area contributed by atoms with E-state index in [2.05, 4.69) is 48.1 Å². The Hall–Kier alpha value is -2.90. The van der Waals surface area contributed by atoms with Crippen molar-refractivity contribution in [3.63, 3.8) is 0 Å². The van der Waals surface area contributed by atoms with Crippen molar-refractivity contribution in [3.05, 3.63) is 65.7 Å². The van der Waals surface area contributed by atoms with Crippen molar-refractivity contribution in [1.29, 1.82) is 0 Å². The SMILES string of the molecule is CC(C)CCN(C)[C@@H](CC(C)C)C(=O)N[C@@H](Cc1ccc(OCc2ccccc2)cc1)C(=O)NCCN1CCCC1. The quantitative estimate of drug-likeness (QED) is 0.286. The van der Waals surface area contributed by atoms with Crippen LogP contribution in [-0.4, -0.2) is 73.5 Å². The minimum atomic E-state index is -0.648. The maximum absolute atomic E-state index is 13.7. The van der Waals surface area contributed by atoms with Crippen LogP contribution in [0.4, 0.5) is 0 Å². The number of hydrogen-bond acceptors (Lipinski definition) is 5. The highest BCUT2D eigenvalue weighted by atomic mass is 16.5. The predicted octanol–water partition coefficient (Wildman–Crippen LogP) is 4.90. The van der Waals surface area contributed by atoms with E-state index in [1.807, 2.05) is 61.6 Å². The van der Waals surface area contributed by atoms with Gasteiger partial charge in [-0.15, -0.1) is 0 Å². The van der Waals surface area contributed by atoms with Crippen LogP contribution >= 0.6 is 0 Å². The van der Waals surface area contributed by atoms with Gasteiger partial charge in [0.2, 0.25) is 11.8 Å². The summed E-state index contributed by atoms with van der Waals surface area (Å²) < 4.78 is 5.94. The van der Waals surface area contributed by atoms with Gasteiger partial charge in [-0.3, -0.25) is 14.5 Å². The molecule has 1 heterocycles. The van der Waals surface area contributed by atoms with Gasteiger partial charge in [-0.05, 0) is 87.5 Å². The van der Waals surface area contributed by atoms with Crippen molar-refractivity contribution < 1.29 is 14.3 Å². The molecule has 0 bridgehead atoms. The highest BCUT2D eigenvalue weighted by Gasteiger charge is 2.29. The Morgan fingerprint density at radius 3 is 2.22 bits per heavy atom. The van der Waals surface area contributed by atoms with Gasteiger partial charge in [0.25, 0.3) is 0 Å². The fourth-order valence-electron chi connectivity index (χ4n) is 5.19. The smallest absolute Gasteiger partial charge is 0.242 e. The zero-order valence-electron chi connectivity index (χ0n) is 25.9. The van der Waals surface area contributed by atoms with E-state index in [1.54, 1.807) is 0 Å². The fourth-order valence-corrected chi connectivity index (χ4v) is 5.19. The molecule has 2 N–H and O–H groups in total. The molecule has 41 heavy (non-hydrogen) atoms. The first kappa shape index (κ1) is 32.6. The summed E-state index contributed by atoms with van der Waals surface area (Å²) in [5, 5.41) is 6.24. The monoisotopic (exact) mass is 564 g/mol. The lowest BCUT2D eigenvalue weighted by atomic mass is 9.99. The van der Waals surface area contributed by atoms with E-state index in [-0.39, 0.29) is 17.9 Å². The first-order valence-electron chi connectivity index (χ1n) is 15.5. The van der Waals surface area contributed by atoms with E-state index in [9.17, 15) is 9.59 Å². The van der Waals surface area contributed by atoms with E-state index in [0.717, 1.165) is 55.9 Å². The van der Waals surface area contributed by atoms with Gasteiger partial charge in [-0.2, -0.15) is 0 Å². The predicted molar refractivity (Wildman–Crippen MR) is 167 cm³/mol. The Morgan fingerprint density at radius 1 is 0.902 bits per heavy atom. The first-order valence-corrected chi connectivity index (χ1v) is 15.5. The number of likely N-dealkylation sites (tertiary alicyclic amines) is 1. The van der Waals surface area contributed by atoms with Gasteiger partial charge in [0.05, 0.1) is 6.04 Å². The van der Waals surface area contributed by atoms with E-state index in [1.165, 1.54) is 12.8 Å². The lowest BCUT2D eigenvalue weighted by Crippen LogP contribution is -2.54. The van der Waals surface area contributed by atoms with Crippen molar-refractivity contribution in [1.82, 2.24) is 20.4 Å². The number of nitrogens with one attached hydrogen (secondary N) is 2. The van der Waals surface area contributed by atoms with Crippen LogP contribution in [0.5, 0.6) is 5.75 Å². The van der Waals surface area contributed by atoms with E-state index >= 15 is 0 Å². The number of hydrogen-bond donors (Lipinski definition) is 2. The Morgan fingerprint density at radius 2 is 1.59 bits per heavy atom. The van der Waals surface area contributed by atoms with Crippen molar-refractivity contribution in [2.24, 2.45) is 11.8 Å². The second-order valence-corrected chi connectivity index (χ2v) is 12.3. The number of nitrogens with zero attached hydrogens (tertiary/aromatic N) is 2. The zero-order valence-corrected chi connectivity index (χ0v) is 25.9. The maximum Gasteiger partial charge on any atom is 0.242 e. The molecule has 3 rings (SSSR count). The van der Waals surface area contributed by atoms with Gasteiger partial charge in [-0.25, -0.2) is 0 Å². The van der Waals surface area contributed by atoms with Crippen LogP contribution in [0.3, 0.4) is 0 Å². The summed E-state index contributed by atoms with van der Waals surface area (Å²) in [7, 11) is 2.02. The van der Waals surface area contributed by atoms with Crippen molar-refractivity contribution in [3.8, 4) is 5.75 Å². The molecule has 7 heteroatoms. The largest absolute Gasteiger partial charge is 0.489 e. The maximum atomic E-state index is 13.7. The molecule has 1 aliphatic rings. The number of rotatable bonds is 17. The Balaban J connectivity index is 1.67. The molecule has 0 spiro atoms. The highest BCUT2D eigenvalue weighted by molar-refractivity contribution is 5.90. The molecule has 0 radical (unpaired) electrons. The third-order valence-corrected chi connectivity index (χ3v) is 7.76. The molecular weight excluding hydrogens is 512 g/mol. The number of carbonyl (C=O) groups is 2. The van der Waals surface area contributed by atoms with Gasteiger partial charge >= 0.3 is 0 Å². The summed E-state index contributed by atoms with van der Waals surface area (Å²) in [5.41, 5.74) is 2.09. The summed E-state index contributed by atoms with van der Waals surface area (Å²) in [6, 6.07) is 17.0. The van der Waals surface area contributed by atoms with Gasteiger partial charge in [-0.1, -0.05) is 70.2 Å². The van der Waals surface area contributed by atoms with E-state index < -0.39 is 6.04 Å². The van der Waals surface area contributed by atoms with Gasteiger partial charge in [0, 0.05) is 19.5 Å². The summed E-state index contributed by atoms with van der Waals surface area (Å²) in [6.45, 7) is 13.6. The fraction of sp³-hybridized carbons (Fsp3) is 0.588. The molecule has 0 aromatic heterocycles. The average molecular weight is 565 g/mol. The second kappa shape index (κ2) is 17.1. The molecule has 2 amide bonds. The second-order valence-electron chi connectivity index (χ2n) is 12.3. The number of carbonyl (C=O) groups excluding carboxylic acids is 2. The molecule has 2 aromatic carbocycles. The van der Waals surface area contributed by atoms with Crippen molar-refractivity contribution in [2.45, 2.75) is 78.5 Å². The van der Waals surface area contributed by atoms with E-state index in [4.69, 9.17) is 4.74 Å². The number of ether oxygens (including phenoxy) is 1. The topological polar surface area (TPSA) is 73.9 Å². The Bertz CT molecular complexity index is 1040. The standard InChI is InChI=1S/C34H52N4O3/c1-26(2)17-21-37(5)32(23-27(3)4)34(40)36-31(33(39)35-18-22-38-19-9-10-20-38)24-28-13-15-30(16-14-28)41-25-29-11-7-6-8-12-29/h6-8,11-16,26-27,31-32H,9-10,17-25H2,1-5H3,(H,35,39)(H,36,40)/t31-,32-/m0/s1. The van der Waals surface area contributed by atoms with Crippen LogP contribution in [0.25, 0.3) is 0 Å². The first-order chi connectivity index (χ1) is 19.7. The Labute approximate surface area is 248 Å². The molecule has 1 aliphatic heterocycles. The van der Waals surface area contributed by atoms with Crippen LogP contribution in [0, 0.1) is 11.8 Å². The molecule has 2 atom stereocenters. The van der Waals surface area contributed by atoms with Crippen LogP contribution in [0.15, 0.2) is 54.6 Å². The molecule has 0 aliphatic carbocycles. The van der Waals surface area contributed by atoms with Crippen LogP contribution < -0.4 is 15.4 Å². The Kier molecular flexibility index (Phi) is 13.6. The molecule has 0 unspecified atom stereocenters. The lowest BCUT2D eigenvalue weighted by molar-refractivity contribution is -0.132. The third-order valence-electron chi connectivity index (χ3n) is 7.76. The van der Waals surface area contributed by atoms with Crippen LogP contribution in [0.1, 0.15) is 64.5 Å². The summed E-state index contributed by atoms with van der Waals surface area (Å²) in [5.74, 6) is 1.50. The summed E-state index contributed by atoms with van der Waals surface area (Å²) in [6.07, 6.45) is 4.64. The summed E-state index contributed by atoms with van der Waals surface area (Å²) in [4.78, 5) is 31.6. The minimum absolute atomic E-state index is 0.0764. The van der Waals surface area contributed by atoms with Crippen LogP contribution in [-0.2, 0) is 22.6 Å². The number of amides is 2. The van der Waals surface area contributed by atoms with Crippen LogP contribution in [0.2, 0.25) is 0 Å². The zero-order chi connectivity index (χ0) is 29.6. The highest BCUT2D eigenvalue weighted by Crippen LogP contribution is 2.17. The molecule has 7 nitrogen and oxygen atoms in total. The van der Waals surface area contributed by atoms with E-state index in [0.29, 0.717) is 31.4 Å². The minimum Gasteiger partial charge on any atom is -0.489 e. The van der Waals surface area contributed by atoms with Gasteiger partial charge < -0.3 is 20.3 Å². The lowest BCUT2D eigenvalue weighted by Gasteiger charge is -2.30. The molecule has 1 saturated heterocycles. The third kappa shape index (κ3) is 11.9. The number of benzene rings is 2. The summed E-state index contributed by atoms with van der Waals surface area (Å²) >= 11 is 0. The normalized spacial score (nSPS) is 15.3.